The van der Waals surface area contributed by atoms with Gasteiger partial charge in [-0.25, -0.2) is 5.43 Å². The number of non-ortho nitro benzene ring substituents is 1. The second-order valence-electron chi connectivity index (χ2n) is 6.45. The van der Waals surface area contributed by atoms with Gasteiger partial charge in [-0.05, 0) is 18.2 Å². The van der Waals surface area contributed by atoms with E-state index in [0.717, 1.165) is 5.69 Å². The maximum atomic E-state index is 12.1. The molecule has 3 rings (SSSR count). The van der Waals surface area contributed by atoms with Crippen molar-refractivity contribution in [2.75, 3.05) is 50.2 Å². The van der Waals surface area contributed by atoms with Crippen LogP contribution in [0.15, 0.2) is 47.6 Å². The lowest BCUT2D eigenvalue weighted by Gasteiger charge is -2.29. The van der Waals surface area contributed by atoms with E-state index in [1.807, 2.05) is 12.1 Å². The van der Waals surface area contributed by atoms with E-state index < -0.39 is 4.92 Å². The topological polar surface area (TPSA) is 118 Å². The third-order valence-corrected chi connectivity index (χ3v) is 4.51. The Morgan fingerprint density at radius 3 is 2.80 bits per heavy atom. The Bertz CT molecular complexity index is 928. The minimum absolute atomic E-state index is 0.0109. The number of morpholine rings is 1. The first-order chi connectivity index (χ1) is 14.6. The molecule has 1 aliphatic rings. The first kappa shape index (κ1) is 21.1. The number of nitro benzene ring substituents is 1. The molecule has 1 aliphatic heterocycles. The number of carbonyl (C=O) groups excluding carboxylic acids is 1. The monoisotopic (exact) mass is 413 g/mol. The third-order valence-electron chi connectivity index (χ3n) is 4.51. The number of anilines is 2. The number of nitro groups is 1. The van der Waals surface area contributed by atoms with Crippen molar-refractivity contribution in [1.29, 1.82) is 0 Å². The molecule has 1 fully saturated rings. The van der Waals surface area contributed by atoms with Crippen LogP contribution in [-0.2, 0) is 9.53 Å². The molecule has 10 nitrogen and oxygen atoms in total. The molecule has 30 heavy (non-hydrogen) atoms. The number of hydrogen-bond donors (Lipinski definition) is 2. The van der Waals surface area contributed by atoms with Crippen LogP contribution in [-0.4, -0.2) is 57.0 Å². The van der Waals surface area contributed by atoms with E-state index in [1.165, 1.54) is 18.3 Å². The molecule has 2 aromatic rings. The first-order valence-corrected chi connectivity index (χ1v) is 9.38. The number of methoxy groups -OCH3 is 1. The fourth-order valence-electron chi connectivity index (χ4n) is 3.03. The molecule has 1 heterocycles. The van der Waals surface area contributed by atoms with Gasteiger partial charge in [0.1, 0.15) is 5.75 Å². The fourth-order valence-corrected chi connectivity index (χ4v) is 3.03. The maximum Gasteiger partial charge on any atom is 0.270 e. The molecule has 0 bridgehead atoms. The summed E-state index contributed by atoms with van der Waals surface area (Å²) in [5, 5.41) is 18.1. The second kappa shape index (κ2) is 10.2. The van der Waals surface area contributed by atoms with Gasteiger partial charge >= 0.3 is 0 Å². The SMILES string of the molecule is COc1ccccc1NCC(=O)NN=Cc1cc([N+](=O)[O-])ccc1N1CCOCC1. The highest BCUT2D eigenvalue weighted by Crippen LogP contribution is 2.25. The molecule has 1 amide bonds. The van der Waals surface area contributed by atoms with Crippen LogP contribution in [0.5, 0.6) is 5.75 Å². The minimum atomic E-state index is -0.462. The Kier molecular flexibility index (Phi) is 7.17. The Balaban J connectivity index is 1.65. The summed E-state index contributed by atoms with van der Waals surface area (Å²) in [5.41, 5.74) is 4.42. The van der Waals surface area contributed by atoms with Crippen LogP contribution in [0.2, 0.25) is 0 Å². The zero-order chi connectivity index (χ0) is 21.3. The van der Waals surface area contributed by atoms with E-state index in [-0.39, 0.29) is 18.1 Å². The summed E-state index contributed by atoms with van der Waals surface area (Å²) in [4.78, 5) is 24.8. The number of benzene rings is 2. The molecule has 158 valence electrons. The van der Waals surface area contributed by atoms with E-state index in [4.69, 9.17) is 9.47 Å². The molecular weight excluding hydrogens is 390 g/mol. The highest BCUT2D eigenvalue weighted by Gasteiger charge is 2.17. The summed E-state index contributed by atoms with van der Waals surface area (Å²) in [5.74, 6) is 0.260. The van der Waals surface area contributed by atoms with Crippen LogP contribution in [0.4, 0.5) is 17.1 Å². The van der Waals surface area contributed by atoms with Gasteiger partial charge in [0.25, 0.3) is 11.6 Å². The zero-order valence-electron chi connectivity index (χ0n) is 16.5. The number of hydrazone groups is 1. The number of nitrogens with one attached hydrogen (secondary N) is 2. The Labute approximate surface area is 173 Å². The standard InChI is InChI=1S/C20H23N5O5/c1-29-19-5-3-2-4-17(19)21-14-20(26)23-22-13-15-12-16(25(27)28)6-7-18(15)24-8-10-30-11-9-24/h2-7,12-13,21H,8-11,14H2,1H3,(H,23,26). The van der Waals surface area contributed by atoms with Gasteiger partial charge in [0.05, 0.1) is 43.7 Å². The van der Waals surface area contributed by atoms with Crippen molar-refractivity contribution in [2.24, 2.45) is 5.10 Å². The van der Waals surface area contributed by atoms with Crippen molar-refractivity contribution < 1.29 is 19.2 Å². The van der Waals surface area contributed by atoms with Crippen LogP contribution in [0.25, 0.3) is 0 Å². The normalized spacial score (nSPS) is 13.8. The number of nitrogens with zero attached hydrogens (tertiary/aromatic N) is 3. The number of ether oxygens (including phenoxy) is 2. The van der Waals surface area contributed by atoms with Gasteiger partial charge in [-0.3, -0.25) is 14.9 Å². The largest absolute Gasteiger partial charge is 0.495 e. The molecule has 0 atom stereocenters. The fraction of sp³-hybridized carbons (Fsp3) is 0.300. The lowest BCUT2D eigenvalue weighted by atomic mass is 10.1. The summed E-state index contributed by atoms with van der Waals surface area (Å²) in [6, 6.07) is 11.8. The number of para-hydroxylation sites is 2. The smallest absolute Gasteiger partial charge is 0.270 e. The van der Waals surface area contributed by atoms with Crippen molar-refractivity contribution in [1.82, 2.24) is 5.43 Å². The van der Waals surface area contributed by atoms with Gasteiger partial charge in [0, 0.05) is 36.5 Å². The predicted molar refractivity (Wildman–Crippen MR) is 113 cm³/mol. The van der Waals surface area contributed by atoms with Crippen LogP contribution in [0.3, 0.4) is 0 Å². The number of carbonyl (C=O) groups is 1. The molecule has 2 N–H and O–H groups in total. The van der Waals surface area contributed by atoms with E-state index in [1.54, 1.807) is 25.3 Å². The average molecular weight is 413 g/mol. The van der Waals surface area contributed by atoms with E-state index >= 15 is 0 Å². The zero-order valence-corrected chi connectivity index (χ0v) is 16.5. The first-order valence-electron chi connectivity index (χ1n) is 9.38. The molecular formula is C20H23N5O5. The average Bonchev–Trinajstić information content (AvgIpc) is 2.78. The van der Waals surface area contributed by atoms with Crippen LogP contribution >= 0.6 is 0 Å². The summed E-state index contributed by atoms with van der Waals surface area (Å²) in [7, 11) is 1.55. The number of hydrogen-bond acceptors (Lipinski definition) is 8. The lowest BCUT2D eigenvalue weighted by molar-refractivity contribution is -0.384. The van der Waals surface area contributed by atoms with E-state index in [0.29, 0.717) is 43.3 Å². The molecule has 1 saturated heterocycles. The Morgan fingerprint density at radius 1 is 1.30 bits per heavy atom. The molecule has 0 spiro atoms. The van der Waals surface area contributed by atoms with Gasteiger partial charge < -0.3 is 19.7 Å². The molecule has 0 aliphatic carbocycles. The Hall–Kier alpha value is -3.66. The van der Waals surface area contributed by atoms with Gasteiger partial charge in [-0.1, -0.05) is 12.1 Å². The molecule has 10 heteroatoms. The molecule has 0 radical (unpaired) electrons. The second-order valence-corrected chi connectivity index (χ2v) is 6.45. The van der Waals surface area contributed by atoms with Gasteiger partial charge in [-0.15, -0.1) is 0 Å². The maximum absolute atomic E-state index is 12.1. The summed E-state index contributed by atoms with van der Waals surface area (Å²) >= 11 is 0. The quantitative estimate of drug-likeness (QED) is 0.386. The third kappa shape index (κ3) is 5.45. The van der Waals surface area contributed by atoms with Crippen molar-refractivity contribution in [3.63, 3.8) is 0 Å². The highest BCUT2D eigenvalue weighted by molar-refractivity contribution is 5.90. The summed E-state index contributed by atoms with van der Waals surface area (Å²) in [6.07, 6.45) is 1.42. The molecule has 0 saturated carbocycles. The van der Waals surface area contributed by atoms with Crippen molar-refractivity contribution in [3.8, 4) is 5.75 Å². The van der Waals surface area contributed by atoms with Gasteiger partial charge in [-0.2, -0.15) is 5.10 Å². The molecule has 0 unspecified atom stereocenters. The number of amides is 1. The van der Waals surface area contributed by atoms with Gasteiger partial charge in [0.2, 0.25) is 0 Å². The molecule has 0 aromatic heterocycles. The molecule has 2 aromatic carbocycles. The highest BCUT2D eigenvalue weighted by atomic mass is 16.6. The van der Waals surface area contributed by atoms with Crippen LogP contribution in [0, 0.1) is 10.1 Å². The summed E-state index contributed by atoms with van der Waals surface area (Å²) < 4.78 is 10.6. The minimum Gasteiger partial charge on any atom is -0.495 e. The van der Waals surface area contributed by atoms with E-state index in [2.05, 4.69) is 20.7 Å². The van der Waals surface area contributed by atoms with Crippen molar-refractivity contribution >= 4 is 29.2 Å². The van der Waals surface area contributed by atoms with Crippen LogP contribution in [0.1, 0.15) is 5.56 Å². The van der Waals surface area contributed by atoms with E-state index in [9.17, 15) is 14.9 Å². The van der Waals surface area contributed by atoms with Crippen molar-refractivity contribution in [3.05, 3.63) is 58.1 Å². The summed E-state index contributed by atoms with van der Waals surface area (Å²) in [6.45, 7) is 2.50. The predicted octanol–water partition coefficient (Wildman–Crippen LogP) is 2.00. The van der Waals surface area contributed by atoms with Gasteiger partial charge in [0.15, 0.2) is 0 Å². The Morgan fingerprint density at radius 2 is 2.07 bits per heavy atom. The van der Waals surface area contributed by atoms with Crippen LogP contribution < -0.4 is 20.4 Å². The van der Waals surface area contributed by atoms with Crippen molar-refractivity contribution in [2.45, 2.75) is 0 Å². The lowest BCUT2D eigenvalue weighted by Crippen LogP contribution is -2.36. The number of rotatable bonds is 8.